The number of aromatic nitrogens is 1. The molecule has 0 spiro atoms. The first-order valence-electron chi connectivity index (χ1n) is 5.05. The van der Waals surface area contributed by atoms with Crippen molar-refractivity contribution in [3.05, 3.63) is 43.7 Å². The largest absolute Gasteiger partial charge is 0.324 e. The van der Waals surface area contributed by atoms with Crippen molar-refractivity contribution in [2.75, 3.05) is 6.54 Å². The standard InChI is InChI=1S/C10H11N3O2S2/c14-13(15)10-3-8(5-17-10)4-11-2-1-9-6-16-7-12-9/h3,5-7,11H,1-2,4H2. The first-order chi connectivity index (χ1) is 8.25. The molecule has 7 heteroatoms. The van der Waals surface area contributed by atoms with Crippen LogP contribution in [-0.2, 0) is 13.0 Å². The second kappa shape index (κ2) is 5.85. The van der Waals surface area contributed by atoms with E-state index in [4.69, 9.17) is 0 Å². The molecular formula is C10H11N3O2S2. The number of hydrogen-bond acceptors (Lipinski definition) is 6. The van der Waals surface area contributed by atoms with Crippen molar-refractivity contribution in [1.82, 2.24) is 10.3 Å². The van der Waals surface area contributed by atoms with Crippen LogP contribution < -0.4 is 5.32 Å². The van der Waals surface area contributed by atoms with Gasteiger partial charge in [0.05, 0.1) is 16.1 Å². The van der Waals surface area contributed by atoms with Crippen LogP contribution >= 0.6 is 22.7 Å². The summed E-state index contributed by atoms with van der Waals surface area (Å²) in [7, 11) is 0. The van der Waals surface area contributed by atoms with Gasteiger partial charge in [-0.25, -0.2) is 4.98 Å². The van der Waals surface area contributed by atoms with Crippen LogP contribution in [-0.4, -0.2) is 16.5 Å². The van der Waals surface area contributed by atoms with Crippen LogP contribution in [0.25, 0.3) is 0 Å². The Hall–Kier alpha value is -1.31. The van der Waals surface area contributed by atoms with Crippen LogP contribution in [0.2, 0.25) is 0 Å². The molecule has 0 radical (unpaired) electrons. The molecule has 0 aliphatic carbocycles. The molecule has 0 aromatic carbocycles. The number of nitro groups is 1. The molecule has 0 aliphatic rings. The first kappa shape index (κ1) is 12.2. The molecule has 5 nitrogen and oxygen atoms in total. The normalized spacial score (nSPS) is 10.6. The van der Waals surface area contributed by atoms with Gasteiger partial charge < -0.3 is 5.32 Å². The van der Waals surface area contributed by atoms with Crippen molar-refractivity contribution in [3.8, 4) is 0 Å². The summed E-state index contributed by atoms with van der Waals surface area (Å²) in [5.74, 6) is 0. The van der Waals surface area contributed by atoms with E-state index in [1.807, 2.05) is 16.3 Å². The highest BCUT2D eigenvalue weighted by Gasteiger charge is 2.08. The summed E-state index contributed by atoms with van der Waals surface area (Å²) in [6.07, 6.45) is 0.885. The average Bonchev–Trinajstić information content (AvgIpc) is 2.96. The molecule has 1 N–H and O–H groups in total. The minimum absolute atomic E-state index is 0.196. The van der Waals surface area contributed by atoms with Crippen molar-refractivity contribution in [3.63, 3.8) is 0 Å². The Bertz CT molecular complexity index is 481. The molecule has 0 unspecified atom stereocenters. The zero-order chi connectivity index (χ0) is 12.1. The Kier molecular flexibility index (Phi) is 4.18. The van der Waals surface area contributed by atoms with Crippen LogP contribution in [0.3, 0.4) is 0 Å². The van der Waals surface area contributed by atoms with E-state index in [9.17, 15) is 10.1 Å². The fourth-order valence-electron chi connectivity index (χ4n) is 1.36. The number of hydrogen-bond donors (Lipinski definition) is 1. The summed E-state index contributed by atoms with van der Waals surface area (Å²) in [6, 6.07) is 1.61. The number of thiophene rings is 1. The molecule has 2 aromatic heterocycles. The SMILES string of the molecule is O=[N+]([O-])c1cc(CNCCc2cscn2)cs1. The molecule has 0 aliphatic heterocycles. The summed E-state index contributed by atoms with van der Waals surface area (Å²) >= 11 is 2.75. The monoisotopic (exact) mass is 269 g/mol. The van der Waals surface area contributed by atoms with Crippen LogP contribution in [0.5, 0.6) is 0 Å². The van der Waals surface area contributed by atoms with Crippen molar-refractivity contribution in [1.29, 1.82) is 0 Å². The van der Waals surface area contributed by atoms with Gasteiger partial charge in [-0.1, -0.05) is 11.3 Å². The first-order valence-corrected chi connectivity index (χ1v) is 6.87. The fraction of sp³-hybridized carbons (Fsp3) is 0.300. The van der Waals surface area contributed by atoms with Gasteiger partial charge in [-0.2, -0.15) is 0 Å². The summed E-state index contributed by atoms with van der Waals surface area (Å²) in [4.78, 5) is 14.3. The molecule has 0 bridgehead atoms. The van der Waals surface area contributed by atoms with Gasteiger partial charge in [-0.15, -0.1) is 11.3 Å². The lowest BCUT2D eigenvalue weighted by molar-refractivity contribution is -0.380. The van der Waals surface area contributed by atoms with Crippen LogP contribution in [0.15, 0.2) is 22.3 Å². The molecule has 17 heavy (non-hydrogen) atoms. The Morgan fingerprint density at radius 2 is 2.35 bits per heavy atom. The predicted molar refractivity (Wildman–Crippen MR) is 68.5 cm³/mol. The van der Waals surface area contributed by atoms with E-state index < -0.39 is 0 Å². The highest BCUT2D eigenvalue weighted by Crippen LogP contribution is 2.22. The van der Waals surface area contributed by atoms with Gasteiger partial charge in [0.25, 0.3) is 0 Å². The van der Waals surface area contributed by atoms with E-state index in [0.29, 0.717) is 6.54 Å². The summed E-state index contributed by atoms with van der Waals surface area (Å²) < 4.78 is 0. The molecule has 0 saturated heterocycles. The van der Waals surface area contributed by atoms with Gasteiger partial charge >= 0.3 is 5.00 Å². The van der Waals surface area contributed by atoms with E-state index in [1.54, 1.807) is 17.4 Å². The second-order valence-electron chi connectivity index (χ2n) is 3.46. The van der Waals surface area contributed by atoms with Crippen molar-refractivity contribution >= 4 is 27.7 Å². The summed E-state index contributed by atoms with van der Waals surface area (Å²) in [6.45, 7) is 1.49. The van der Waals surface area contributed by atoms with Gasteiger partial charge in [-0.3, -0.25) is 10.1 Å². The molecule has 2 aromatic rings. The van der Waals surface area contributed by atoms with Crippen LogP contribution in [0.4, 0.5) is 5.00 Å². The third kappa shape index (κ3) is 3.58. The molecule has 0 fully saturated rings. The van der Waals surface area contributed by atoms with Crippen molar-refractivity contribution in [2.45, 2.75) is 13.0 Å². The maximum atomic E-state index is 10.5. The van der Waals surface area contributed by atoms with Gasteiger partial charge in [0, 0.05) is 36.3 Å². The fourth-order valence-corrected chi connectivity index (χ4v) is 2.68. The average molecular weight is 269 g/mol. The van der Waals surface area contributed by atoms with Crippen molar-refractivity contribution in [2.24, 2.45) is 0 Å². The highest BCUT2D eigenvalue weighted by atomic mass is 32.1. The number of thiazole rings is 1. The molecule has 0 atom stereocenters. The van der Waals surface area contributed by atoms with Gasteiger partial charge in [0.1, 0.15) is 0 Å². The lowest BCUT2D eigenvalue weighted by Crippen LogP contribution is -2.16. The molecule has 2 rings (SSSR count). The third-order valence-electron chi connectivity index (χ3n) is 2.19. The van der Waals surface area contributed by atoms with Crippen LogP contribution in [0.1, 0.15) is 11.3 Å². The Morgan fingerprint density at radius 3 is 3.00 bits per heavy atom. The Morgan fingerprint density at radius 1 is 1.47 bits per heavy atom. The van der Waals surface area contributed by atoms with E-state index in [2.05, 4.69) is 10.3 Å². The van der Waals surface area contributed by atoms with Gasteiger partial charge in [-0.05, 0) is 5.56 Å². The van der Waals surface area contributed by atoms with Crippen molar-refractivity contribution < 1.29 is 4.92 Å². The lowest BCUT2D eigenvalue weighted by atomic mass is 10.3. The molecule has 90 valence electrons. The molecular weight excluding hydrogens is 258 g/mol. The quantitative estimate of drug-likeness (QED) is 0.497. The third-order valence-corrected chi connectivity index (χ3v) is 3.75. The zero-order valence-electron chi connectivity index (χ0n) is 8.96. The molecule has 0 amide bonds. The predicted octanol–water partition coefficient (Wildman–Crippen LogP) is 2.45. The van der Waals surface area contributed by atoms with Gasteiger partial charge in [0.15, 0.2) is 0 Å². The number of nitrogens with zero attached hydrogens (tertiary/aromatic N) is 2. The highest BCUT2D eigenvalue weighted by molar-refractivity contribution is 7.13. The maximum Gasteiger partial charge on any atom is 0.324 e. The minimum Gasteiger partial charge on any atom is -0.312 e. The Balaban J connectivity index is 1.72. The van der Waals surface area contributed by atoms with Crippen LogP contribution in [0, 0.1) is 10.1 Å². The summed E-state index contributed by atoms with van der Waals surface area (Å²) in [5.41, 5.74) is 3.86. The molecule has 2 heterocycles. The Labute approximate surface area is 106 Å². The molecule has 0 saturated carbocycles. The lowest BCUT2D eigenvalue weighted by Gasteiger charge is -2.00. The topological polar surface area (TPSA) is 68.1 Å². The zero-order valence-corrected chi connectivity index (χ0v) is 10.6. The summed E-state index contributed by atoms with van der Waals surface area (Å²) in [5, 5.41) is 17.8. The smallest absolute Gasteiger partial charge is 0.312 e. The van der Waals surface area contributed by atoms with E-state index in [-0.39, 0.29) is 9.92 Å². The van der Waals surface area contributed by atoms with E-state index >= 15 is 0 Å². The maximum absolute atomic E-state index is 10.5. The van der Waals surface area contributed by atoms with E-state index in [0.717, 1.165) is 35.6 Å². The minimum atomic E-state index is -0.358. The number of rotatable bonds is 6. The number of nitrogens with one attached hydrogen (secondary N) is 1. The van der Waals surface area contributed by atoms with Gasteiger partial charge in [0.2, 0.25) is 0 Å². The van der Waals surface area contributed by atoms with E-state index in [1.165, 1.54) is 0 Å². The second-order valence-corrected chi connectivity index (χ2v) is 5.07.